The van der Waals surface area contributed by atoms with E-state index in [9.17, 15) is 0 Å². The number of piperidine rings is 1. The average Bonchev–Trinajstić information content (AvgIpc) is 2.52. The Kier molecular flexibility index (Phi) is 3.60. The summed E-state index contributed by atoms with van der Waals surface area (Å²) in [7, 11) is 0. The second-order valence-electron chi connectivity index (χ2n) is 6.85. The van der Waals surface area contributed by atoms with E-state index in [0.29, 0.717) is 5.92 Å². The van der Waals surface area contributed by atoms with Gasteiger partial charge in [-0.15, -0.1) is 0 Å². The third-order valence-electron chi connectivity index (χ3n) is 5.28. The van der Waals surface area contributed by atoms with Gasteiger partial charge in [-0.3, -0.25) is 9.88 Å². The highest BCUT2D eigenvalue weighted by molar-refractivity contribution is 6.32. The molecular formula is C18H21ClN2O. The first kappa shape index (κ1) is 14.4. The molecule has 0 bridgehead atoms. The van der Waals surface area contributed by atoms with E-state index in [2.05, 4.69) is 35.0 Å². The van der Waals surface area contributed by atoms with Crippen LogP contribution in [0.1, 0.15) is 31.2 Å². The molecule has 2 aromatic rings. The van der Waals surface area contributed by atoms with Crippen molar-refractivity contribution in [1.29, 1.82) is 0 Å². The van der Waals surface area contributed by atoms with E-state index in [0.717, 1.165) is 36.7 Å². The minimum atomic E-state index is 0.268. The molecule has 0 aliphatic carbocycles. The van der Waals surface area contributed by atoms with Gasteiger partial charge < -0.3 is 4.74 Å². The molecule has 2 aliphatic rings. The van der Waals surface area contributed by atoms with Crippen LogP contribution in [0.2, 0.25) is 5.02 Å². The van der Waals surface area contributed by atoms with E-state index in [4.69, 9.17) is 16.3 Å². The zero-order valence-corrected chi connectivity index (χ0v) is 13.6. The number of rotatable bonds is 2. The molecule has 2 saturated heterocycles. The van der Waals surface area contributed by atoms with Gasteiger partial charge in [0.1, 0.15) is 0 Å². The SMILES string of the molecule is CC1(N2CCC(c3cc4ccncc4cc3Cl)CC2)COC1. The molecule has 3 heterocycles. The molecule has 0 radical (unpaired) electrons. The standard InChI is InChI=1S/C18H21ClN2O/c1-18(11-22-12-18)21-6-3-13(4-7-21)16-8-14-2-5-20-10-15(14)9-17(16)19/h2,5,8-10,13H,3-4,6-7,11-12H2,1H3. The predicted octanol–water partition coefficient (Wildman–Crippen LogP) is 3.86. The maximum absolute atomic E-state index is 6.54. The van der Waals surface area contributed by atoms with Crippen LogP contribution in [0.25, 0.3) is 10.8 Å². The van der Waals surface area contributed by atoms with Gasteiger partial charge in [0.25, 0.3) is 0 Å². The van der Waals surface area contributed by atoms with Gasteiger partial charge >= 0.3 is 0 Å². The first-order chi connectivity index (χ1) is 10.7. The molecule has 4 rings (SSSR count). The molecule has 0 N–H and O–H groups in total. The fourth-order valence-electron chi connectivity index (χ4n) is 3.75. The van der Waals surface area contributed by atoms with Gasteiger partial charge in [0.15, 0.2) is 0 Å². The highest BCUT2D eigenvalue weighted by Gasteiger charge is 2.41. The molecule has 3 nitrogen and oxygen atoms in total. The van der Waals surface area contributed by atoms with Crippen molar-refractivity contribution in [2.24, 2.45) is 0 Å². The van der Waals surface area contributed by atoms with Gasteiger partial charge in [0.2, 0.25) is 0 Å². The second kappa shape index (κ2) is 5.48. The minimum absolute atomic E-state index is 0.268. The molecule has 0 unspecified atom stereocenters. The number of nitrogens with zero attached hydrogens (tertiary/aromatic N) is 2. The molecule has 2 aliphatic heterocycles. The van der Waals surface area contributed by atoms with Crippen molar-refractivity contribution in [3.63, 3.8) is 0 Å². The summed E-state index contributed by atoms with van der Waals surface area (Å²) in [5.74, 6) is 0.561. The molecule has 0 spiro atoms. The van der Waals surface area contributed by atoms with Crippen LogP contribution >= 0.6 is 11.6 Å². The highest BCUT2D eigenvalue weighted by Crippen LogP contribution is 2.37. The van der Waals surface area contributed by atoms with Crippen LogP contribution < -0.4 is 0 Å². The maximum Gasteiger partial charge on any atom is 0.0671 e. The number of benzene rings is 1. The van der Waals surface area contributed by atoms with Crippen molar-refractivity contribution in [3.8, 4) is 0 Å². The number of fused-ring (bicyclic) bond motifs is 1. The summed E-state index contributed by atoms with van der Waals surface area (Å²) < 4.78 is 5.40. The van der Waals surface area contributed by atoms with E-state index in [1.165, 1.54) is 23.8 Å². The lowest BCUT2D eigenvalue weighted by atomic mass is 9.85. The second-order valence-corrected chi connectivity index (χ2v) is 7.25. The van der Waals surface area contributed by atoms with Crippen LogP contribution in [0.15, 0.2) is 30.6 Å². The van der Waals surface area contributed by atoms with Gasteiger partial charge in [0.05, 0.1) is 18.8 Å². The Labute approximate surface area is 136 Å². The Morgan fingerprint density at radius 2 is 2.00 bits per heavy atom. The molecule has 116 valence electrons. The van der Waals surface area contributed by atoms with Crippen molar-refractivity contribution < 1.29 is 4.74 Å². The van der Waals surface area contributed by atoms with Gasteiger partial charge in [-0.25, -0.2) is 0 Å². The molecule has 0 saturated carbocycles. The maximum atomic E-state index is 6.54. The van der Waals surface area contributed by atoms with E-state index < -0.39 is 0 Å². The summed E-state index contributed by atoms with van der Waals surface area (Å²) in [5, 5.41) is 3.24. The van der Waals surface area contributed by atoms with Crippen molar-refractivity contribution in [3.05, 3.63) is 41.2 Å². The number of hydrogen-bond acceptors (Lipinski definition) is 3. The summed E-state index contributed by atoms with van der Waals surface area (Å²) in [4.78, 5) is 6.76. The number of halogens is 1. The Balaban J connectivity index is 1.54. The number of pyridine rings is 1. The van der Waals surface area contributed by atoms with E-state index in [1.54, 1.807) is 0 Å². The third kappa shape index (κ3) is 2.41. The predicted molar refractivity (Wildman–Crippen MR) is 89.5 cm³/mol. The van der Waals surface area contributed by atoms with Crippen LogP contribution in [-0.2, 0) is 4.74 Å². The topological polar surface area (TPSA) is 25.4 Å². The summed E-state index contributed by atoms with van der Waals surface area (Å²) in [5.41, 5.74) is 1.57. The van der Waals surface area contributed by atoms with Gasteiger partial charge in [-0.2, -0.15) is 0 Å². The van der Waals surface area contributed by atoms with Crippen LogP contribution in [0, 0.1) is 0 Å². The van der Waals surface area contributed by atoms with Gasteiger partial charge in [-0.1, -0.05) is 11.6 Å². The Bertz CT molecular complexity index is 691. The fraction of sp³-hybridized carbons (Fsp3) is 0.500. The normalized spacial score (nSPS) is 22.6. The largest absolute Gasteiger partial charge is 0.377 e. The van der Waals surface area contributed by atoms with Crippen molar-refractivity contribution >= 4 is 22.4 Å². The summed E-state index contributed by atoms with van der Waals surface area (Å²) in [6.07, 6.45) is 6.07. The molecule has 4 heteroatoms. The van der Waals surface area contributed by atoms with Crippen molar-refractivity contribution in [2.75, 3.05) is 26.3 Å². The van der Waals surface area contributed by atoms with E-state index in [-0.39, 0.29) is 5.54 Å². The van der Waals surface area contributed by atoms with E-state index >= 15 is 0 Å². The van der Waals surface area contributed by atoms with Crippen molar-refractivity contribution in [1.82, 2.24) is 9.88 Å². The lowest BCUT2D eigenvalue weighted by Gasteiger charge is -2.50. The van der Waals surface area contributed by atoms with Gasteiger partial charge in [-0.05, 0) is 67.9 Å². The van der Waals surface area contributed by atoms with Gasteiger partial charge in [0, 0.05) is 22.8 Å². The zero-order valence-electron chi connectivity index (χ0n) is 12.9. The quantitative estimate of drug-likeness (QED) is 0.841. The van der Waals surface area contributed by atoms with E-state index in [1.807, 2.05) is 12.4 Å². The average molecular weight is 317 g/mol. The number of likely N-dealkylation sites (tertiary alicyclic amines) is 1. The Hall–Kier alpha value is -1.16. The molecule has 2 fully saturated rings. The lowest BCUT2D eigenvalue weighted by Crippen LogP contribution is -2.61. The highest BCUT2D eigenvalue weighted by atomic mass is 35.5. The van der Waals surface area contributed by atoms with Crippen LogP contribution in [0.3, 0.4) is 0 Å². The smallest absolute Gasteiger partial charge is 0.0671 e. The first-order valence-electron chi connectivity index (χ1n) is 8.02. The van der Waals surface area contributed by atoms with Crippen LogP contribution in [-0.4, -0.2) is 41.7 Å². The molecule has 22 heavy (non-hydrogen) atoms. The summed E-state index contributed by atoms with van der Waals surface area (Å²) >= 11 is 6.54. The molecule has 1 aromatic carbocycles. The Morgan fingerprint density at radius 3 is 2.68 bits per heavy atom. The molecular weight excluding hydrogens is 296 g/mol. The molecule has 1 aromatic heterocycles. The number of hydrogen-bond donors (Lipinski definition) is 0. The Morgan fingerprint density at radius 1 is 1.23 bits per heavy atom. The lowest BCUT2D eigenvalue weighted by molar-refractivity contribution is -0.136. The molecule has 0 amide bonds. The number of ether oxygens (including phenoxy) is 1. The third-order valence-corrected chi connectivity index (χ3v) is 5.61. The van der Waals surface area contributed by atoms with Crippen molar-refractivity contribution in [2.45, 2.75) is 31.2 Å². The summed E-state index contributed by atoms with van der Waals surface area (Å²) in [6.45, 7) is 6.33. The monoisotopic (exact) mass is 316 g/mol. The van der Waals surface area contributed by atoms with Crippen LogP contribution in [0.5, 0.6) is 0 Å². The summed E-state index contributed by atoms with van der Waals surface area (Å²) in [6, 6.07) is 6.39. The van der Waals surface area contributed by atoms with Crippen LogP contribution in [0.4, 0.5) is 0 Å². The fourth-order valence-corrected chi connectivity index (χ4v) is 4.08. The first-order valence-corrected chi connectivity index (χ1v) is 8.39. The number of aromatic nitrogens is 1. The zero-order chi connectivity index (χ0) is 15.2. The molecule has 0 atom stereocenters. The minimum Gasteiger partial charge on any atom is -0.377 e.